The summed E-state index contributed by atoms with van der Waals surface area (Å²) in [5, 5.41) is 0.697. The number of aromatic nitrogens is 1. The molecule has 0 bridgehead atoms. The number of amides is 2. The lowest BCUT2D eigenvalue weighted by Crippen LogP contribution is -2.53. The van der Waals surface area contributed by atoms with Gasteiger partial charge in [0.05, 0.1) is 25.3 Å². The van der Waals surface area contributed by atoms with Gasteiger partial charge in [0, 0.05) is 24.5 Å². The van der Waals surface area contributed by atoms with Crippen molar-refractivity contribution < 1.29 is 23.9 Å². The first-order valence-electron chi connectivity index (χ1n) is 8.11. The van der Waals surface area contributed by atoms with E-state index in [4.69, 9.17) is 4.74 Å². The van der Waals surface area contributed by atoms with Gasteiger partial charge in [0.2, 0.25) is 11.8 Å². The van der Waals surface area contributed by atoms with Crippen molar-refractivity contribution in [1.82, 2.24) is 14.8 Å². The Kier molecular flexibility index (Phi) is 5.01. The van der Waals surface area contributed by atoms with E-state index in [1.807, 2.05) is 18.2 Å². The lowest BCUT2D eigenvalue weighted by Gasteiger charge is -2.33. The van der Waals surface area contributed by atoms with Gasteiger partial charge < -0.3 is 19.3 Å². The molecule has 26 heavy (non-hydrogen) atoms. The SMILES string of the molecule is COC(=O)CN1CCN(C(=O)c2cc(OC)nc3ccccc23)CC1=O. The van der Waals surface area contributed by atoms with E-state index in [0.717, 1.165) is 0 Å². The Bertz CT molecular complexity index is 867. The van der Waals surface area contributed by atoms with Crippen molar-refractivity contribution in [3.8, 4) is 5.88 Å². The number of ether oxygens (including phenoxy) is 2. The van der Waals surface area contributed by atoms with E-state index in [2.05, 4.69) is 9.72 Å². The van der Waals surface area contributed by atoms with Gasteiger partial charge in [-0.1, -0.05) is 18.2 Å². The number of nitrogens with zero attached hydrogens (tertiary/aromatic N) is 3. The van der Waals surface area contributed by atoms with Crippen molar-refractivity contribution in [1.29, 1.82) is 0 Å². The summed E-state index contributed by atoms with van der Waals surface area (Å²) >= 11 is 0. The number of hydrogen-bond donors (Lipinski definition) is 0. The average Bonchev–Trinajstić information content (AvgIpc) is 2.67. The summed E-state index contributed by atoms with van der Waals surface area (Å²) in [4.78, 5) is 43.8. The van der Waals surface area contributed by atoms with Crippen molar-refractivity contribution in [3.63, 3.8) is 0 Å². The van der Waals surface area contributed by atoms with Crippen LogP contribution in [0.3, 0.4) is 0 Å². The van der Waals surface area contributed by atoms with Crippen LogP contribution in [0.1, 0.15) is 10.4 Å². The van der Waals surface area contributed by atoms with Gasteiger partial charge in [0.25, 0.3) is 5.91 Å². The first-order valence-corrected chi connectivity index (χ1v) is 8.11. The average molecular weight is 357 g/mol. The molecule has 0 N–H and O–H groups in total. The normalized spacial score (nSPS) is 14.5. The highest BCUT2D eigenvalue weighted by atomic mass is 16.5. The van der Waals surface area contributed by atoms with E-state index in [0.29, 0.717) is 28.9 Å². The van der Waals surface area contributed by atoms with Gasteiger partial charge in [-0.25, -0.2) is 4.98 Å². The molecule has 0 atom stereocenters. The van der Waals surface area contributed by atoms with Gasteiger partial charge in [-0.15, -0.1) is 0 Å². The fourth-order valence-corrected chi connectivity index (χ4v) is 2.87. The molecule has 3 rings (SSSR count). The Morgan fingerprint density at radius 1 is 1.19 bits per heavy atom. The van der Waals surface area contributed by atoms with Gasteiger partial charge in [0.1, 0.15) is 13.1 Å². The first-order chi connectivity index (χ1) is 12.5. The molecule has 1 aromatic heterocycles. The number of fused-ring (bicyclic) bond motifs is 1. The Balaban J connectivity index is 1.83. The molecule has 8 heteroatoms. The van der Waals surface area contributed by atoms with Crippen LogP contribution in [-0.2, 0) is 14.3 Å². The molecule has 2 amide bonds. The van der Waals surface area contributed by atoms with Crippen LogP contribution in [0.25, 0.3) is 10.9 Å². The molecule has 2 aromatic rings. The third kappa shape index (κ3) is 3.44. The summed E-state index contributed by atoms with van der Waals surface area (Å²) < 4.78 is 9.77. The van der Waals surface area contributed by atoms with Crippen LogP contribution in [0.4, 0.5) is 0 Å². The van der Waals surface area contributed by atoms with Crippen molar-refractivity contribution in [2.45, 2.75) is 0 Å². The van der Waals surface area contributed by atoms with Crippen LogP contribution in [-0.4, -0.2) is 73.0 Å². The minimum Gasteiger partial charge on any atom is -0.481 e. The Morgan fingerprint density at radius 3 is 2.65 bits per heavy atom. The number of methoxy groups -OCH3 is 2. The second-order valence-corrected chi connectivity index (χ2v) is 5.85. The Hall–Kier alpha value is -3.16. The molecule has 2 heterocycles. The molecule has 0 saturated carbocycles. The summed E-state index contributed by atoms with van der Waals surface area (Å²) in [6, 6.07) is 8.85. The van der Waals surface area contributed by atoms with E-state index in [1.165, 1.54) is 24.0 Å². The molecule has 0 radical (unpaired) electrons. The van der Waals surface area contributed by atoms with E-state index < -0.39 is 5.97 Å². The topological polar surface area (TPSA) is 89.0 Å². The molecule has 0 spiro atoms. The highest BCUT2D eigenvalue weighted by Gasteiger charge is 2.30. The number of carbonyl (C=O) groups excluding carboxylic acids is 3. The lowest BCUT2D eigenvalue weighted by atomic mass is 10.1. The number of carbonyl (C=O) groups is 3. The molecular formula is C18H19N3O5. The van der Waals surface area contributed by atoms with Crippen LogP contribution in [0.2, 0.25) is 0 Å². The van der Waals surface area contributed by atoms with Gasteiger partial charge in [-0.2, -0.15) is 0 Å². The van der Waals surface area contributed by atoms with E-state index in [1.54, 1.807) is 12.1 Å². The molecule has 0 aliphatic carbocycles. The summed E-state index contributed by atoms with van der Waals surface area (Å²) in [5.41, 5.74) is 1.08. The molecule has 1 saturated heterocycles. The molecule has 8 nitrogen and oxygen atoms in total. The predicted octanol–water partition coefficient (Wildman–Crippen LogP) is 0.701. The molecule has 1 aliphatic heterocycles. The van der Waals surface area contributed by atoms with Gasteiger partial charge in [-0.3, -0.25) is 14.4 Å². The molecule has 1 fully saturated rings. The fraction of sp³-hybridized carbons (Fsp3) is 0.333. The highest BCUT2D eigenvalue weighted by molar-refractivity contribution is 6.07. The smallest absolute Gasteiger partial charge is 0.325 e. The van der Waals surface area contributed by atoms with Crippen LogP contribution in [0.5, 0.6) is 5.88 Å². The number of para-hydroxylation sites is 1. The number of piperazine rings is 1. The third-order valence-corrected chi connectivity index (χ3v) is 4.29. The summed E-state index contributed by atoms with van der Waals surface area (Å²) in [7, 11) is 2.76. The maximum absolute atomic E-state index is 13.0. The summed E-state index contributed by atoms with van der Waals surface area (Å²) in [6.45, 7) is 0.415. The van der Waals surface area contributed by atoms with Crippen molar-refractivity contribution in [2.24, 2.45) is 0 Å². The number of esters is 1. The molecule has 0 unspecified atom stereocenters. The number of benzene rings is 1. The van der Waals surface area contributed by atoms with Crippen LogP contribution in [0, 0.1) is 0 Å². The van der Waals surface area contributed by atoms with Crippen molar-refractivity contribution in [3.05, 3.63) is 35.9 Å². The largest absolute Gasteiger partial charge is 0.481 e. The monoisotopic (exact) mass is 357 g/mol. The van der Waals surface area contributed by atoms with E-state index in [9.17, 15) is 14.4 Å². The molecule has 1 aromatic carbocycles. The van der Waals surface area contributed by atoms with Gasteiger partial charge in [0.15, 0.2) is 0 Å². The number of rotatable bonds is 4. The highest BCUT2D eigenvalue weighted by Crippen LogP contribution is 2.23. The predicted molar refractivity (Wildman–Crippen MR) is 92.8 cm³/mol. The lowest BCUT2D eigenvalue weighted by molar-refractivity contribution is -0.148. The minimum absolute atomic E-state index is 0.0885. The zero-order valence-electron chi connectivity index (χ0n) is 14.6. The summed E-state index contributed by atoms with van der Waals surface area (Å²) in [5.74, 6) is -0.709. The Labute approximate surface area is 150 Å². The maximum Gasteiger partial charge on any atom is 0.325 e. The number of pyridine rings is 1. The number of hydrogen-bond acceptors (Lipinski definition) is 6. The Morgan fingerprint density at radius 2 is 1.96 bits per heavy atom. The zero-order chi connectivity index (χ0) is 18.7. The van der Waals surface area contributed by atoms with Gasteiger partial charge >= 0.3 is 5.97 Å². The zero-order valence-corrected chi connectivity index (χ0v) is 14.6. The van der Waals surface area contributed by atoms with Crippen LogP contribution in [0.15, 0.2) is 30.3 Å². The van der Waals surface area contributed by atoms with Crippen molar-refractivity contribution >= 4 is 28.7 Å². The van der Waals surface area contributed by atoms with Crippen molar-refractivity contribution in [2.75, 3.05) is 40.4 Å². The van der Waals surface area contributed by atoms with Crippen LogP contribution < -0.4 is 4.74 Å². The van der Waals surface area contributed by atoms with E-state index in [-0.39, 0.29) is 31.4 Å². The first kappa shape index (κ1) is 17.7. The molecule has 1 aliphatic rings. The molecule has 136 valence electrons. The summed E-state index contributed by atoms with van der Waals surface area (Å²) in [6.07, 6.45) is 0. The second kappa shape index (κ2) is 7.38. The minimum atomic E-state index is -0.483. The maximum atomic E-state index is 13.0. The quantitative estimate of drug-likeness (QED) is 0.749. The van der Waals surface area contributed by atoms with E-state index >= 15 is 0 Å². The standard InChI is InChI=1S/C18H19N3O5/c1-25-15-9-13(12-5-3-4-6-14(12)19-15)18(24)21-8-7-20(16(22)10-21)11-17(23)26-2/h3-6,9H,7-8,10-11H2,1-2H3. The van der Waals surface area contributed by atoms with Crippen LogP contribution >= 0.6 is 0 Å². The van der Waals surface area contributed by atoms with Gasteiger partial charge in [-0.05, 0) is 6.07 Å². The molecular weight excluding hydrogens is 338 g/mol. The second-order valence-electron chi connectivity index (χ2n) is 5.85. The fourth-order valence-electron chi connectivity index (χ4n) is 2.87. The third-order valence-electron chi connectivity index (χ3n) is 4.29.